The first kappa shape index (κ1) is 15.2. The molecule has 2 aliphatic heterocycles. The van der Waals surface area contributed by atoms with E-state index in [0.29, 0.717) is 0 Å². The first-order valence-corrected chi connectivity index (χ1v) is 8.95. The Morgan fingerprint density at radius 1 is 1.17 bits per heavy atom. The number of rotatable bonds is 4. The van der Waals surface area contributed by atoms with Gasteiger partial charge in [0.25, 0.3) is 0 Å². The van der Waals surface area contributed by atoms with Crippen molar-refractivity contribution in [3.8, 4) is 0 Å². The highest BCUT2D eigenvalue weighted by Gasteiger charge is 2.44. The van der Waals surface area contributed by atoms with Gasteiger partial charge in [0.15, 0.2) is 0 Å². The summed E-state index contributed by atoms with van der Waals surface area (Å²) < 4.78 is 0. The molecule has 1 aromatic carbocycles. The average Bonchev–Trinajstić information content (AvgIpc) is 2.67. The molecule has 0 aliphatic carbocycles. The molecule has 24 heavy (non-hydrogen) atoms. The second kappa shape index (κ2) is 6.27. The van der Waals surface area contributed by atoms with Crippen LogP contribution in [0.15, 0.2) is 53.8 Å². The molecule has 2 aromatic rings. The van der Waals surface area contributed by atoms with Gasteiger partial charge in [-0.05, 0) is 43.5 Å². The number of aromatic nitrogens is 1. The maximum absolute atomic E-state index is 4.91. The topological polar surface area (TPSA) is 40.5 Å². The van der Waals surface area contributed by atoms with E-state index in [1.807, 2.05) is 12.4 Å². The summed E-state index contributed by atoms with van der Waals surface area (Å²) in [6.07, 6.45) is 8.29. The highest BCUT2D eigenvalue weighted by Crippen LogP contribution is 2.42. The van der Waals surface area contributed by atoms with Crippen molar-refractivity contribution in [2.75, 3.05) is 18.4 Å². The van der Waals surface area contributed by atoms with Crippen LogP contribution >= 0.6 is 0 Å². The summed E-state index contributed by atoms with van der Waals surface area (Å²) >= 11 is 0. The van der Waals surface area contributed by atoms with Crippen LogP contribution in [0.25, 0.3) is 0 Å². The lowest BCUT2D eigenvalue weighted by Gasteiger charge is -2.52. The third-order valence-corrected chi connectivity index (χ3v) is 5.08. The molecule has 124 valence electrons. The van der Waals surface area contributed by atoms with Crippen molar-refractivity contribution in [3.05, 3.63) is 59.9 Å². The molecule has 4 rings (SSSR count). The summed E-state index contributed by atoms with van der Waals surface area (Å²) in [6, 6.07) is 12.8. The number of amidine groups is 1. The van der Waals surface area contributed by atoms with Crippen LogP contribution in [-0.2, 0) is 5.66 Å². The van der Waals surface area contributed by atoms with E-state index in [9.17, 15) is 0 Å². The highest BCUT2D eigenvalue weighted by molar-refractivity contribution is 6.06. The van der Waals surface area contributed by atoms with E-state index in [1.54, 1.807) is 0 Å². The Balaban J connectivity index is 1.90. The highest BCUT2D eigenvalue weighted by atomic mass is 15.4. The Hall–Kier alpha value is -2.36. The van der Waals surface area contributed by atoms with Gasteiger partial charge in [-0.15, -0.1) is 0 Å². The van der Waals surface area contributed by atoms with Crippen molar-refractivity contribution >= 4 is 11.5 Å². The molecule has 1 aromatic heterocycles. The van der Waals surface area contributed by atoms with E-state index in [2.05, 4.69) is 58.5 Å². The van der Waals surface area contributed by atoms with Gasteiger partial charge in [-0.1, -0.05) is 25.5 Å². The second-order valence-electron chi connectivity index (χ2n) is 6.58. The fourth-order valence-corrected chi connectivity index (χ4v) is 3.91. The minimum atomic E-state index is -0.230. The molecule has 0 saturated carbocycles. The van der Waals surface area contributed by atoms with Gasteiger partial charge in [0.1, 0.15) is 11.5 Å². The summed E-state index contributed by atoms with van der Waals surface area (Å²) in [5.74, 6) is 1.14. The van der Waals surface area contributed by atoms with E-state index < -0.39 is 0 Å². The van der Waals surface area contributed by atoms with Gasteiger partial charge in [0.2, 0.25) is 0 Å². The number of hydrogen-bond donors (Lipinski definition) is 1. The van der Waals surface area contributed by atoms with Crippen LogP contribution in [0.1, 0.15) is 43.7 Å². The van der Waals surface area contributed by atoms with Crippen LogP contribution in [0.4, 0.5) is 5.69 Å². The Bertz CT molecular complexity index is 740. The Kier molecular flexibility index (Phi) is 3.97. The van der Waals surface area contributed by atoms with E-state index in [4.69, 9.17) is 4.99 Å². The van der Waals surface area contributed by atoms with Gasteiger partial charge in [0.05, 0.1) is 0 Å². The minimum absolute atomic E-state index is 0.230. The molecular weight excluding hydrogens is 296 g/mol. The molecule has 1 N–H and O–H groups in total. The van der Waals surface area contributed by atoms with Crippen LogP contribution in [0.3, 0.4) is 0 Å². The molecule has 0 saturated heterocycles. The molecule has 0 amide bonds. The summed E-state index contributed by atoms with van der Waals surface area (Å²) in [7, 11) is 0. The molecule has 0 radical (unpaired) electrons. The van der Waals surface area contributed by atoms with Crippen molar-refractivity contribution in [3.63, 3.8) is 0 Å². The average molecular weight is 320 g/mol. The number of nitrogens with one attached hydrogen (secondary N) is 1. The summed E-state index contributed by atoms with van der Waals surface area (Å²) in [4.78, 5) is 11.6. The molecule has 4 heteroatoms. The maximum Gasteiger partial charge on any atom is 0.138 e. The lowest BCUT2D eigenvalue weighted by molar-refractivity contribution is 0.173. The molecule has 0 spiro atoms. The molecule has 3 heterocycles. The number of para-hydroxylation sites is 1. The van der Waals surface area contributed by atoms with Crippen molar-refractivity contribution in [1.82, 2.24) is 9.88 Å². The lowest BCUT2D eigenvalue weighted by atomic mass is 9.87. The summed E-state index contributed by atoms with van der Waals surface area (Å²) in [5.41, 5.74) is 3.45. The first-order chi connectivity index (χ1) is 11.8. The zero-order valence-electron chi connectivity index (χ0n) is 14.2. The standard InChI is InChI=1S/C20H24N4/c1-2-3-11-20(16-9-13-21-14-10-16)23-18-8-5-4-7-17(18)19-22-12-6-15-24(19)20/h4-5,7-10,13-14,23H,2-3,6,11-12,15H2,1H3. The first-order valence-electron chi connectivity index (χ1n) is 8.95. The Labute approximate surface area is 143 Å². The molecular formula is C20H24N4. The second-order valence-corrected chi connectivity index (χ2v) is 6.58. The monoisotopic (exact) mass is 320 g/mol. The fourth-order valence-electron chi connectivity index (χ4n) is 3.91. The van der Waals surface area contributed by atoms with Crippen LogP contribution in [-0.4, -0.2) is 28.8 Å². The van der Waals surface area contributed by atoms with Crippen molar-refractivity contribution in [2.24, 2.45) is 4.99 Å². The third kappa shape index (κ3) is 2.37. The Morgan fingerprint density at radius 2 is 2.00 bits per heavy atom. The summed E-state index contributed by atoms with van der Waals surface area (Å²) in [6.45, 7) is 4.20. The molecule has 1 atom stereocenters. The number of pyridine rings is 1. The van der Waals surface area contributed by atoms with Crippen LogP contribution in [0, 0.1) is 0 Å². The van der Waals surface area contributed by atoms with Crippen LogP contribution < -0.4 is 5.32 Å². The van der Waals surface area contributed by atoms with Crippen molar-refractivity contribution < 1.29 is 0 Å². The Morgan fingerprint density at radius 3 is 2.83 bits per heavy atom. The van der Waals surface area contributed by atoms with Gasteiger partial charge in [0, 0.05) is 42.3 Å². The minimum Gasteiger partial charge on any atom is -0.358 e. The van der Waals surface area contributed by atoms with Crippen molar-refractivity contribution in [2.45, 2.75) is 38.3 Å². The number of hydrogen-bond acceptors (Lipinski definition) is 4. The zero-order valence-corrected chi connectivity index (χ0v) is 14.2. The lowest BCUT2D eigenvalue weighted by Crippen LogP contribution is -2.59. The molecule has 0 fully saturated rings. The van der Waals surface area contributed by atoms with Gasteiger partial charge in [-0.25, -0.2) is 0 Å². The van der Waals surface area contributed by atoms with E-state index in [0.717, 1.165) is 31.8 Å². The van der Waals surface area contributed by atoms with E-state index >= 15 is 0 Å². The maximum atomic E-state index is 4.91. The van der Waals surface area contributed by atoms with Crippen LogP contribution in [0.5, 0.6) is 0 Å². The largest absolute Gasteiger partial charge is 0.358 e. The number of benzene rings is 1. The predicted molar refractivity (Wildman–Crippen MR) is 98.2 cm³/mol. The normalized spacial score (nSPS) is 22.2. The summed E-state index contributed by atoms with van der Waals surface area (Å²) in [5, 5.41) is 3.88. The third-order valence-electron chi connectivity index (χ3n) is 5.08. The van der Waals surface area contributed by atoms with Gasteiger partial charge < -0.3 is 10.2 Å². The predicted octanol–water partition coefficient (Wildman–Crippen LogP) is 4.00. The number of aliphatic imine (C=N–C) groups is 1. The van der Waals surface area contributed by atoms with E-state index in [1.165, 1.54) is 29.7 Å². The quantitative estimate of drug-likeness (QED) is 0.925. The zero-order chi connectivity index (χ0) is 16.4. The molecule has 1 unspecified atom stereocenters. The number of anilines is 1. The molecule has 2 aliphatic rings. The molecule has 4 nitrogen and oxygen atoms in total. The fraction of sp³-hybridized carbons (Fsp3) is 0.400. The smallest absolute Gasteiger partial charge is 0.138 e. The van der Waals surface area contributed by atoms with Gasteiger partial charge >= 0.3 is 0 Å². The van der Waals surface area contributed by atoms with Crippen LogP contribution in [0.2, 0.25) is 0 Å². The molecule has 0 bridgehead atoms. The number of nitrogens with zero attached hydrogens (tertiary/aromatic N) is 3. The van der Waals surface area contributed by atoms with Gasteiger partial charge in [-0.2, -0.15) is 0 Å². The van der Waals surface area contributed by atoms with Crippen molar-refractivity contribution in [1.29, 1.82) is 0 Å². The van der Waals surface area contributed by atoms with Gasteiger partial charge in [-0.3, -0.25) is 9.98 Å². The van der Waals surface area contributed by atoms with E-state index in [-0.39, 0.29) is 5.66 Å². The number of unbranched alkanes of at least 4 members (excludes halogenated alkanes) is 1. The SMILES string of the molecule is CCCCC1(c2ccncc2)Nc2ccccc2C2=NCCCN21. The number of fused-ring (bicyclic) bond motifs is 3.